The quantitative estimate of drug-likeness (QED) is 0.594. The van der Waals surface area contributed by atoms with E-state index in [1.807, 2.05) is 24.3 Å². The Morgan fingerprint density at radius 3 is 2.79 bits per heavy atom. The van der Waals surface area contributed by atoms with Crippen molar-refractivity contribution in [3.05, 3.63) is 34.3 Å². The minimum atomic E-state index is 0.139. The van der Waals surface area contributed by atoms with Crippen LogP contribution in [0.15, 0.2) is 28.7 Å². The van der Waals surface area contributed by atoms with E-state index >= 15 is 0 Å². The van der Waals surface area contributed by atoms with Gasteiger partial charge in [-0.2, -0.15) is 0 Å². The zero-order valence-corrected chi connectivity index (χ0v) is 9.60. The zero-order valence-electron chi connectivity index (χ0n) is 8.01. The molecule has 0 saturated heterocycles. The highest BCUT2D eigenvalue weighted by Gasteiger charge is 2.07. The van der Waals surface area contributed by atoms with Crippen LogP contribution in [0.5, 0.6) is 0 Å². The maximum atomic E-state index is 11.6. The molecule has 0 aromatic heterocycles. The average molecular weight is 251 g/mol. The van der Waals surface area contributed by atoms with Crippen molar-refractivity contribution in [3.63, 3.8) is 0 Å². The molecule has 0 atom stereocenters. The number of Topliss-reactive ketones (excluding diaryl/α,β-unsaturated/α-hetero) is 1. The first kappa shape index (κ1) is 11.0. The zero-order chi connectivity index (χ0) is 10.4. The monoisotopic (exact) mass is 250 g/mol. The number of ketones is 1. The maximum Gasteiger partial charge on any atom is 0.164 e. The lowest BCUT2D eigenvalue weighted by atomic mass is 10.1. The third-order valence-electron chi connectivity index (χ3n) is 1.83. The predicted octanol–water partition coefficient (Wildman–Crippen LogP) is 3.44. The van der Waals surface area contributed by atoms with Gasteiger partial charge < -0.3 is 0 Å². The number of carbonyl (C=O) groups is 1. The summed E-state index contributed by atoms with van der Waals surface area (Å²) in [5, 5.41) is 0. The number of halogens is 1. The molecule has 0 aliphatic heterocycles. The molecule has 1 aromatic carbocycles. The van der Waals surface area contributed by atoms with Gasteiger partial charge in [-0.3, -0.25) is 4.79 Å². The average Bonchev–Trinajstić information content (AvgIpc) is 2.18. The molecule has 0 radical (unpaired) electrons. The smallest absolute Gasteiger partial charge is 0.164 e. The van der Waals surface area contributed by atoms with Gasteiger partial charge in [-0.05, 0) is 13.0 Å². The van der Waals surface area contributed by atoms with Gasteiger partial charge in [0.1, 0.15) is 0 Å². The van der Waals surface area contributed by atoms with Gasteiger partial charge in [0.05, 0.1) is 0 Å². The van der Waals surface area contributed by atoms with Crippen LogP contribution in [0, 0.1) is 11.8 Å². The molecular formula is C12H11BrO. The largest absolute Gasteiger partial charge is 0.294 e. The topological polar surface area (TPSA) is 17.1 Å². The fraction of sp³-hybridized carbons (Fsp3) is 0.250. The highest BCUT2D eigenvalue weighted by Crippen LogP contribution is 2.17. The van der Waals surface area contributed by atoms with Crippen LogP contribution in [-0.4, -0.2) is 5.78 Å². The lowest BCUT2D eigenvalue weighted by molar-refractivity contribution is 0.0983. The molecule has 0 aliphatic rings. The molecule has 1 aromatic rings. The Balaban J connectivity index is 2.68. The fourth-order valence-corrected chi connectivity index (χ4v) is 1.63. The van der Waals surface area contributed by atoms with E-state index in [1.165, 1.54) is 0 Å². The molecule has 1 rings (SSSR count). The molecule has 2 heteroatoms. The molecular weight excluding hydrogens is 240 g/mol. The molecule has 0 heterocycles. The number of rotatable bonds is 3. The van der Waals surface area contributed by atoms with Crippen LogP contribution in [0.25, 0.3) is 0 Å². The molecule has 0 amide bonds. The second-order valence-corrected chi connectivity index (χ2v) is 3.68. The number of hydrogen-bond donors (Lipinski definition) is 0. The third-order valence-corrected chi connectivity index (χ3v) is 2.52. The maximum absolute atomic E-state index is 11.6. The highest BCUT2D eigenvalue weighted by atomic mass is 79.9. The highest BCUT2D eigenvalue weighted by molar-refractivity contribution is 9.10. The summed E-state index contributed by atoms with van der Waals surface area (Å²) in [7, 11) is 0. The van der Waals surface area contributed by atoms with E-state index in [0.29, 0.717) is 12.8 Å². The summed E-state index contributed by atoms with van der Waals surface area (Å²) in [6.07, 6.45) is 1.13. The Morgan fingerprint density at radius 1 is 1.43 bits per heavy atom. The van der Waals surface area contributed by atoms with E-state index in [9.17, 15) is 4.79 Å². The Morgan fingerprint density at radius 2 is 2.14 bits per heavy atom. The third kappa shape index (κ3) is 3.01. The Kier molecular flexibility index (Phi) is 4.42. The van der Waals surface area contributed by atoms with Gasteiger partial charge >= 0.3 is 0 Å². The first-order valence-corrected chi connectivity index (χ1v) is 5.22. The Hall–Kier alpha value is -1.07. The van der Waals surface area contributed by atoms with Crippen LogP contribution in [0.3, 0.4) is 0 Å². The van der Waals surface area contributed by atoms with Crippen LogP contribution in [-0.2, 0) is 0 Å². The van der Waals surface area contributed by atoms with Crippen LogP contribution in [0.4, 0.5) is 0 Å². The van der Waals surface area contributed by atoms with Gasteiger partial charge in [-0.25, -0.2) is 0 Å². The summed E-state index contributed by atoms with van der Waals surface area (Å²) in [5.74, 6) is 5.80. The van der Waals surface area contributed by atoms with Crippen molar-refractivity contribution in [2.45, 2.75) is 19.8 Å². The number of hydrogen-bond acceptors (Lipinski definition) is 1. The predicted molar refractivity (Wildman–Crippen MR) is 61.2 cm³/mol. The summed E-state index contributed by atoms with van der Waals surface area (Å²) in [5.41, 5.74) is 0.741. The summed E-state index contributed by atoms with van der Waals surface area (Å²) < 4.78 is 0.856. The molecule has 0 saturated carbocycles. The Labute approximate surface area is 92.6 Å². The molecule has 0 unspecified atom stereocenters. The van der Waals surface area contributed by atoms with E-state index < -0.39 is 0 Å². The minimum Gasteiger partial charge on any atom is -0.294 e. The lowest BCUT2D eigenvalue weighted by Gasteiger charge is -2.00. The van der Waals surface area contributed by atoms with Crippen molar-refractivity contribution < 1.29 is 4.79 Å². The van der Waals surface area contributed by atoms with Gasteiger partial charge in [0, 0.05) is 22.9 Å². The van der Waals surface area contributed by atoms with Gasteiger partial charge in [0.25, 0.3) is 0 Å². The van der Waals surface area contributed by atoms with E-state index in [2.05, 4.69) is 27.8 Å². The summed E-state index contributed by atoms with van der Waals surface area (Å²) in [4.78, 5) is 11.6. The molecule has 0 spiro atoms. The first-order valence-electron chi connectivity index (χ1n) is 4.43. The first-order chi connectivity index (χ1) is 6.75. The van der Waals surface area contributed by atoms with Crippen LogP contribution in [0.2, 0.25) is 0 Å². The van der Waals surface area contributed by atoms with Crippen molar-refractivity contribution in [1.82, 2.24) is 0 Å². The number of carbonyl (C=O) groups excluding carboxylic acids is 1. The van der Waals surface area contributed by atoms with Crippen LogP contribution >= 0.6 is 15.9 Å². The molecule has 0 bridgehead atoms. The van der Waals surface area contributed by atoms with Crippen molar-refractivity contribution >= 4 is 21.7 Å². The normalized spacial score (nSPS) is 9.00. The molecule has 1 nitrogen and oxygen atoms in total. The second kappa shape index (κ2) is 5.62. The van der Waals surface area contributed by atoms with E-state index in [1.54, 1.807) is 6.92 Å². The summed E-state index contributed by atoms with van der Waals surface area (Å²) >= 11 is 3.35. The second-order valence-electron chi connectivity index (χ2n) is 2.83. The molecule has 72 valence electrons. The molecule has 0 aliphatic carbocycles. The van der Waals surface area contributed by atoms with E-state index in [4.69, 9.17) is 0 Å². The summed E-state index contributed by atoms with van der Waals surface area (Å²) in [6, 6.07) is 7.46. The van der Waals surface area contributed by atoms with Crippen molar-refractivity contribution in [3.8, 4) is 11.8 Å². The standard InChI is InChI=1S/C12H11BrO/c1-2-3-4-9-12(14)10-7-5-6-8-11(10)13/h5-8H,4,9H2,1H3. The van der Waals surface area contributed by atoms with Gasteiger partial charge in [0.15, 0.2) is 5.78 Å². The van der Waals surface area contributed by atoms with Gasteiger partial charge in [0.2, 0.25) is 0 Å². The molecule has 14 heavy (non-hydrogen) atoms. The van der Waals surface area contributed by atoms with Crippen LogP contribution < -0.4 is 0 Å². The van der Waals surface area contributed by atoms with Gasteiger partial charge in [-0.15, -0.1) is 11.8 Å². The van der Waals surface area contributed by atoms with Crippen molar-refractivity contribution in [2.75, 3.05) is 0 Å². The summed E-state index contributed by atoms with van der Waals surface area (Å²) in [6.45, 7) is 1.78. The van der Waals surface area contributed by atoms with Crippen molar-refractivity contribution in [1.29, 1.82) is 0 Å². The minimum absolute atomic E-state index is 0.139. The van der Waals surface area contributed by atoms with Crippen molar-refractivity contribution in [2.24, 2.45) is 0 Å². The van der Waals surface area contributed by atoms with E-state index in [-0.39, 0.29) is 5.78 Å². The SMILES string of the molecule is CC#CCCC(=O)c1ccccc1Br. The van der Waals surface area contributed by atoms with Gasteiger partial charge in [-0.1, -0.05) is 34.1 Å². The molecule has 0 fully saturated rings. The Bertz CT molecular complexity index is 385. The number of benzene rings is 1. The fourth-order valence-electron chi connectivity index (χ4n) is 1.12. The van der Waals surface area contributed by atoms with E-state index in [0.717, 1.165) is 10.0 Å². The molecule has 0 N–H and O–H groups in total. The lowest BCUT2D eigenvalue weighted by Crippen LogP contribution is -1.98. The van der Waals surface area contributed by atoms with Crippen LogP contribution in [0.1, 0.15) is 30.1 Å².